The molecule has 2 heterocycles. The third-order valence-electron chi connectivity index (χ3n) is 5.04. The minimum Gasteiger partial charge on any atom is -0.346 e. The molecule has 0 saturated carbocycles. The van der Waals surface area contributed by atoms with Crippen LogP contribution >= 0.6 is 0 Å². The van der Waals surface area contributed by atoms with Crippen LogP contribution in [0.1, 0.15) is 33.5 Å². The minimum atomic E-state index is -0.352. The summed E-state index contributed by atoms with van der Waals surface area (Å²) in [5, 5.41) is 3.49. The third-order valence-corrected chi connectivity index (χ3v) is 5.04. The summed E-state index contributed by atoms with van der Waals surface area (Å²) in [5.74, 6) is -0.352. The maximum Gasteiger partial charge on any atom is 0.261 e. The first kappa shape index (κ1) is 15.6. The number of benzene rings is 2. The van der Waals surface area contributed by atoms with Gasteiger partial charge in [0.1, 0.15) is 5.56 Å². The van der Waals surface area contributed by atoms with Gasteiger partial charge in [0.05, 0.1) is 5.52 Å². The molecule has 0 spiro atoms. The number of pyridine rings is 1. The van der Waals surface area contributed by atoms with E-state index in [2.05, 4.69) is 11.4 Å². The number of nitrogens with zero attached hydrogens (tertiary/aromatic N) is 1. The van der Waals surface area contributed by atoms with Crippen molar-refractivity contribution in [3.05, 3.63) is 75.1 Å². The first-order valence-corrected chi connectivity index (χ1v) is 8.58. The number of rotatable bonds is 2. The van der Waals surface area contributed by atoms with Gasteiger partial charge in [0, 0.05) is 23.8 Å². The fourth-order valence-corrected chi connectivity index (χ4v) is 3.54. The van der Waals surface area contributed by atoms with E-state index in [1.807, 2.05) is 48.7 Å². The van der Waals surface area contributed by atoms with Crippen molar-refractivity contribution in [1.82, 2.24) is 4.57 Å². The number of nitrogens with one attached hydrogen (secondary N) is 1. The van der Waals surface area contributed by atoms with Gasteiger partial charge in [-0.05, 0) is 61.6 Å². The number of hydrogen-bond donors (Lipinski definition) is 1. The van der Waals surface area contributed by atoms with Crippen molar-refractivity contribution < 1.29 is 4.79 Å². The van der Waals surface area contributed by atoms with Crippen LogP contribution < -0.4 is 10.7 Å². The molecular formula is C21H20N2O2. The molecule has 0 unspecified atom stereocenters. The molecule has 0 aliphatic carbocycles. The fourth-order valence-electron chi connectivity index (χ4n) is 3.54. The monoisotopic (exact) mass is 332 g/mol. The van der Waals surface area contributed by atoms with Crippen LogP contribution in [-0.4, -0.2) is 10.5 Å². The van der Waals surface area contributed by atoms with Gasteiger partial charge in [-0.25, -0.2) is 0 Å². The minimum absolute atomic E-state index is 0.198. The maximum absolute atomic E-state index is 12.9. The molecule has 4 nitrogen and oxygen atoms in total. The summed E-state index contributed by atoms with van der Waals surface area (Å²) >= 11 is 0. The number of para-hydroxylation sites is 1. The van der Waals surface area contributed by atoms with E-state index in [1.54, 1.807) is 6.20 Å². The van der Waals surface area contributed by atoms with E-state index in [0.29, 0.717) is 11.1 Å². The summed E-state index contributed by atoms with van der Waals surface area (Å²) in [6.45, 7) is 4.86. The summed E-state index contributed by atoms with van der Waals surface area (Å²) in [6, 6.07) is 11.5. The zero-order valence-electron chi connectivity index (χ0n) is 14.4. The van der Waals surface area contributed by atoms with Gasteiger partial charge in [0.25, 0.3) is 5.91 Å². The molecule has 1 aliphatic rings. The van der Waals surface area contributed by atoms with Crippen LogP contribution in [0.5, 0.6) is 0 Å². The summed E-state index contributed by atoms with van der Waals surface area (Å²) in [7, 11) is 0. The van der Waals surface area contributed by atoms with Gasteiger partial charge in [0.2, 0.25) is 5.43 Å². The van der Waals surface area contributed by atoms with Crippen molar-refractivity contribution in [3.8, 4) is 0 Å². The lowest BCUT2D eigenvalue weighted by Crippen LogP contribution is -2.25. The highest BCUT2D eigenvalue weighted by atomic mass is 16.2. The molecule has 4 heteroatoms. The number of carbonyl (C=O) groups excluding carboxylic acids is 1. The van der Waals surface area contributed by atoms with E-state index in [4.69, 9.17) is 0 Å². The SMILES string of the molecule is Cc1ccc(NC(=O)c2cn3c4c(cccc4c2=O)CCC3)cc1C. The average molecular weight is 332 g/mol. The molecule has 0 saturated heterocycles. The Morgan fingerprint density at radius 3 is 2.76 bits per heavy atom. The topological polar surface area (TPSA) is 51.1 Å². The number of aryl methyl sites for hydroxylation is 4. The van der Waals surface area contributed by atoms with Crippen LogP contribution in [0.3, 0.4) is 0 Å². The van der Waals surface area contributed by atoms with Crippen LogP contribution in [0, 0.1) is 13.8 Å². The Balaban J connectivity index is 1.79. The summed E-state index contributed by atoms with van der Waals surface area (Å²) in [6.07, 6.45) is 3.71. The number of aromatic nitrogens is 1. The second-order valence-electron chi connectivity index (χ2n) is 6.74. The molecule has 0 atom stereocenters. The molecule has 1 aromatic heterocycles. The Labute approximate surface area is 146 Å². The first-order chi connectivity index (χ1) is 12.0. The Morgan fingerprint density at radius 2 is 1.96 bits per heavy atom. The normalized spacial score (nSPS) is 13.0. The van der Waals surface area contributed by atoms with E-state index >= 15 is 0 Å². The standard InChI is InChI=1S/C21H20N2O2/c1-13-8-9-16(11-14(13)2)22-21(25)18-12-23-10-4-6-15-5-3-7-17(19(15)23)20(18)24/h3,5,7-9,11-12H,4,6,10H2,1-2H3,(H,22,25). The molecule has 0 fully saturated rings. The molecule has 2 aromatic carbocycles. The number of carbonyl (C=O) groups is 1. The Kier molecular flexibility index (Phi) is 3.68. The van der Waals surface area contributed by atoms with Crippen molar-refractivity contribution in [1.29, 1.82) is 0 Å². The summed E-state index contributed by atoms with van der Waals surface area (Å²) in [4.78, 5) is 25.6. The Hall–Kier alpha value is -2.88. The first-order valence-electron chi connectivity index (χ1n) is 8.58. The zero-order valence-corrected chi connectivity index (χ0v) is 14.4. The van der Waals surface area contributed by atoms with Gasteiger partial charge in [-0.1, -0.05) is 18.2 Å². The lowest BCUT2D eigenvalue weighted by molar-refractivity contribution is 0.102. The summed E-state index contributed by atoms with van der Waals surface area (Å²) < 4.78 is 2.05. The largest absolute Gasteiger partial charge is 0.346 e. The van der Waals surface area contributed by atoms with Gasteiger partial charge in [-0.3, -0.25) is 9.59 Å². The van der Waals surface area contributed by atoms with Crippen LogP contribution in [0.2, 0.25) is 0 Å². The van der Waals surface area contributed by atoms with Gasteiger partial charge < -0.3 is 9.88 Å². The van der Waals surface area contributed by atoms with Gasteiger partial charge in [0.15, 0.2) is 0 Å². The summed E-state index contributed by atoms with van der Waals surface area (Å²) in [5.41, 5.74) is 5.14. The van der Waals surface area contributed by atoms with Crippen LogP contribution in [0.4, 0.5) is 5.69 Å². The van der Waals surface area contributed by atoms with Gasteiger partial charge in [-0.15, -0.1) is 0 Å². The maximum atomic E-state index is 12.9. The van der Waals surface area contributed by atoms with Crippen molar-refractivity contribution in [3.63, 3.8) is 0 Å². The van der Waals surface area contributed by atoms with Gasteiger partial charge >= 0.3 is 0 Å². The highest BCUT2D eigenvalue weighted by Gasteiger charge is 2.19. The lowest BCUT2D eigenvalue weighted by Gasteiger charge is -2.20. The highest BCUT2D eigenvalue weighted by molar-refractivity contribution is 6.06. The quantitative estimate of drug-likeness (QED) is 0.776. The van der Waals surface area contributed by atoms with E-state index in [1.165, 1.54) is 11.1 Å². The predicted molar refractivity (Wildman–Crippen MR) is 100 cm³/mol. The van der Waals surface area contributed by atoms with E-state index in [0.717, 1.165) is 30.5 Å². The van der Waals surface area contributed by atoms with E-state index in [9.17, 15) is 9.59 Å². The smallest absolute Gasteiger partial charge is 0.261 e. The average Bonchev–Trinajstić information content (AvgIpc) is 2.61. The van der Waals surface area contributed by atoms with Crippen LogP contribution in [0.25, 0.3) is 10.9 Å². The molecule has 0 radical (unpaired) electrons. The molecule has 3 aromatic rings. The van der Waals surface area contributed by atoms with Crippen LogP contribution in [0.15, 0.2) is 47.4 Å². The zero-order chi connectivity index (χ0) is 17.6. The Morgan fingerprint density at radius 1 is 1.12 bits per heavy atom. The van der Waals surface area contributed by atoms with Crippen molar-refractivity contribution in [2.75, 3.05) is 5.32 Å². The van der Waals surface area contributed by atoms with E-state index < -0.39 is 0 Å². The number of hydrogen-bond acceptors (Lipinski definition) is 2. The second-order valence-corrected chi connectivity index (χ2v) is 6.74. The van der Waals surface area contributed by atoms with Crippen molar-refractivity contribution >= 4 is 22.5 Å². The van der Waals surface area contributed by atoms with Crippen LogP contribution in [-0.2, 0) is 13.0 Å². The molecule has 1 aliphatic heterocycles. The highest BCUT2D eigenvalue weighted by Crippen LogP contribution is 2.24. The fraction of sp³-hybridized carbons (Fsp3) is 0.238. The van der Waals surface area contributed by atoms with Crippen molar-refractivity contribution in [2.24, 2.45) is 0 Å². The lowest BCUT2D eigenvalue weighted by atomic mass is 9.99. The molecule has 0 bridgehead atoms. The molecular weight excluding hydrogens is 312 g/mol. The predicted octanol–water partition coefficient (Wildman–Crippen LogP) is 3.82. The molecule has 4 rings (SSSR count). The number of amides is 1. The second kappa shape index (κ2) is 5.88. The third kappa shape index (κ3) is 2.64. The Bertz CT molecular complexity index is 1060. The molecule has 1 N–H and O–H groups in total. The molecule has 1 amide bonds. The van der Waals surface area contributed by atoms with E-state index in [-0.39, 0.29) is 16.9 Å². The number of anilines is 1. The van der Waals surface area contributed by atoms with Gasteiger partial charge in [-0.2, -0.15) is 0 Å². The molecule has 25 heavy (non-hydrogen) atoms. The molecule has 126 valence electrons. The van der Waals surface area contributed by atoms with Crippen molar-refractivity contribution in [2.45, 2.75) is 33.2 Å².